The first-order valence-corrected chi connectivity index (χ1v) is 6.86. The van der Waals surface area contributed by atoms with Gasteiger partial charge in [-0.05, 0) is 19.4 Å². The van der Waals surface area contributed by atoms with E-state index in [1.54, 1.807) is 0 Å². The highest BCUT2D eigenvalue weighted by molar-refractivity contribution is 5.47. The highest BCUT2D eigenvalue weighted by Crippen LogP contribution is 2.36. The Morgan fingerprint density at radius 3 is 3.33 bits per heavy atom. The summed E-state index contributed by atoms with van der Waals surface area (Å²) >= 11 is 0. The van der Waals surface area contributed by atoms with E-state index in [4.69, 9.17) is 4.74 Å². The molecular weight excluding hydrogens is 224 g/mol. The van der Waals surface area contributed by atoms with Gasteiger partial charge in [-0.15, -0.1) is 0 Å². The summed E-state index contributed by atoms with van der Waals surface area (Å²) in [6, 6.07) is 1.98. The van der Waals surface area contributed by atoms with Crippen LogP contribution < -0.4 is 0 Å². The van der Waals surface area contributed by atoms with Gasteiger partial charge in [0.25, 0.3) is 0 Å². The summed E-state index contributed by atoms with van der Waals surface area (Å²) in [5.41, 5.74) is 3.00. The lowest BCUT2D eigenvalue weighted by Gasteiger charge is -2.36. The lowest BCUT2D eigenvalue weighted by atomic mass is 9.93. The molecule has 3 nitrogen and oxygen atoms in total. The van der Waals surface area contributed by atoms with Gasteiger partial charge in [-0.2, -0.15) is 11.6 Å². The van der Waals surface area contributed by atoms with Crippen molar-refractivity contribution in [3.63, 3.8) is 0 Å². The first-order chi connectivity index (χ1) is 8.81. The number of fused-ring (bicyclic) bond motifs is 3. The van der Waals surface area contributed by atoms with Crippen LogP contribution in [0.5, 0.6) is 0 Å². The minimum atomic E-state index is 0.496. The van der Waals surface area contributed by atoms with E-state index < -0.39 is 0 Å². The van der Waals surface area contributed by atoms with E-state index in [-0.39, 0.29) is 0 Å². The Balaban J connectivity index is 1.54. The Hall–Kier alpha value is -1.19. The van der Waals surface area contributed by atoms with Gasteiger partial charge in [0, 0.05) is 18.6 Å². The number of ether oxygens (including phenoxy) is 1. The predicted octanol–water partition coefficient (Wildman–Crippen LogP) is 1.18. The largest absolute Gasteiger partial charge is 0.375 e. The molecule has 0 aromatic carbocycles. The van der Waals surface area contributed by atoms with Crippen molar-refractivity contribution < 1.29 is 9.31 Å². The Morgan fingerprint density at radius 1 is 1.61 bits per heavy atom. The maximum atomic E-state index is 5.67. The highest BCUT2D eigenvalue weighted by Gasteiger charge is 2.38. The summed E-state index contributed by atoms with van der Waals surface area (Å²) < 4.78 is 7.79. The molecule has 0 N–H and O–H groups in total. The molecule has 1 aliphatic carbocycles. The summed E-state index contributed by atoms with van der Waals surface area (Å²) in [7, 11) is 0. The normalized spacial score (nSPS) is 34.4. The highest BCUT2D eigenvalue weighted by atomic mass is 16.5. The Morgan fingerprint density at radius 2 is 2.56 bits per heavy atom. The van der Waals surface area contributed by atoms with Crippen LogP contribution in [0.3, 0.4) is 0 Å². The Labute approximate surface area is 108 Å². The standard InChI is InChI=1S/C15H19N2O/c1-16-6-5-14-11(3-2-4-15(14)16)8-17-9-13-7-12(17)10-18-13/h2-4,12-13H,1,5-10H2/q-1/t12-,13-/m1/s1. The number of allylic oxidation sites excluding steroid dienone is 1. The molecule has 0 aromatic rings. The predicted molar refractivity (Wildman–Crippen MR) is 70.3 cm³/mol. The molecule has 0 spiro atoms. The fourth-order valence-electron chi connectivity index (χ4n) is 3.61. The van der Waals surface area contributed by atoms with Crippen molar-refractivity contribution in [1.29, 1.82) is 0 Å². The van der Waals surface area contributed by atoms with Crippen LogP contribution in [0.1, 0.15) is 12.8 Å². The molecule has 0 saturated carbocycles. The zero-order chi connectivity index (χ0) is 12.1. The minimum absolute atomic E-state index is 0.496. The van der Waals surface area contributed by atoms with E-state index in [1.165, 1.54) is 23.6 Å². The van der Waals surface area contributed by atoms with Crippen LogP contribution in [0.15, 0.2) is 23.3 Å². The molecule has 2 bridgehead atoms. The van der Waals surface area contributed by atoms with Gasteiger partial charge in [-0.1, -0.05) is 0 Å². The van der Waals surface area contributed by atoms with Crippen molar-refractivity contribution >= 4 is 6.72 Å². The molecule has 2 atom stereocenters. The first kappa shape index (κ1) is 10.7. The van der Waals surface area contributed by atoms with E-state index >= 15 is 0 Å². The molecular formula is C15H19N2O-. The third kappa shape index (κ3) is 1.54. The second kappa shape index (κ2) is 3.90. The quantitative estimate of drug-likeness (QED) is 0.534. The van der Waals surface area contributed by atoms with Gasteiger partial charge in [-0.25, -0.2) is 18.1 Å². The van der Waals surface area contributed by atoms with E-state index in [0.717, 1.165) is 32.7 Å². The SMILES string of the molecule is C=[N+]1CCC2=C(CN3C[C@H]4C[C@@H]3CO4)[CH-]C=C[C-]21. The number of rotatable bonds is 2. The molecule has 96 valence electrons. The van der Waals surface area contributed by atoms with Crippen LogP contribution in [0.25, 0.3) is 0 Å². The van der Waals surface area contributed by atoms with Gasteiger partial charge < -0.3 is 14.2 Å². The van der Waals surface area contributed by atoms with Gasteiger partial charge in [-0.3, -0.25) is 0 Å². The number of hydrogen-bond donors (Lipinski definition) is 0. The maximum Gasteiger partial charge on any atom is 0.121 e. The van der Waals surface area contributed by atoms with Gasteiger partial charge >= 0.3 is 0 Å². The van der Waals surface area contributed by atoms with Crippen molar-refractivity contribution in [3.05, 3.63) is 35.8 Å². The third-order valence-electron chi connectivity index (χ3n) is 4.61. The van der Waals surface area contributed by atoms with Crippen molar-refractivity contribution in [1.82, 2.24) is 4.90 Å². The first-order valence-electron chi connectivity index (χ1n) is 6.86. The van der Waals surface area contributed by atoms with Crippen LogP contribution in [0, 0.1) is 12.5 Å². The average Bonchev–Trinajstić information content (AvgIpc) is 3.06. The average molecular weight is 243 g/mol. The molecule has 4 rings (SSSR count). The van der Waals surface area contributed by atoms with Crippen molar-refractivity contribution in [2.24, 2.45) is 0 Å². The molecule has 3 saturated heterocycles. The topological polar surface area (TPSA) is 15.5 Å². The molecule has 0 unspecified atom stereocenters. The zero-order valence-corrected chi connectivity index (χ0v) is 10.6. The number of morpholine rings is 1. The summed E-state index contributed by atoms with van der Waals surface area (Å²) in [6.45, 7) is 8.28. The van der Waals surface area contributed by atoms with E-state index in [2.05, 4.69) is 34.8 Å². The van der Waals surface area contributed by atoms with Gasteiger partial charge in [0.05, 0.1) is 19.4 Å². The summed E-state index contributed by atoms with van der Waals surface area (Å²) in [5, 5.41) is 0. The molecule has 0 radical (unpaired) electrons. The summed E-state index contributed by atoms with van der Waals surface area (Å²) in [4.78, 5) is 2.59. The van der Waals surface area contributed by atoms with Crippen molar-refractivity contribution in [3.8, 4) is 0 Å². The fourth-order valence-corrected chi connectivity index (χ4v) is 3.61. The smallest absolute Gasteiger partial charge is 0.121 e. The number of likely N-dealkylation sites (tertiary alicyclic amines) is 1. The van der Waals surface area contributed by atoms with Gasteiger partial charge in [0.1, 0.15) is 6.54 Å². The molecule has 0 aromatic heterocycles. The van der Waals surface area contributed by atoms with Crippen molar-refractivity contribution in [2.45, 2.75) is 25.0 Å². The van der Waals surface area contributed by atoms with E-state index in [9.17, 15) is 0 Å². The van der Waals surface area contributed by atoms with Crippen LogP contribution in [-0.2, 0) is 4.74 Å². The van der Waals surface area contributed by atoms with E-state index in [1.807, 2.05) is 0 Å². The summed E-state index contributed by atoms with van der Waals surface area (Å²) in [6.07, 6.45) is 9.52. The van der Waals surface area contributed by atoms with Gasteiger partial charge in [0.2, 0.25) is 0 Å². The minimum Gasteiger partial charge on any atom is -0.375 e. The number of hydrogen-bond acceptors (Lipinski definition) is 2. The molecule has 3 fully saturated rings. The second-order valence-electron chi connectivity index (χ2n) is 5.70. The van der Waals surface area contributed by atoms with Gasteiger partial charge in [0.15, 0.2) is 0 Å². The van der Waals surface area contributed by atoms with Crippen molar-refractivity contribution in [2.75, 3.05) is 26.2 Å². The Bertz CT molecular complexity index is 451. The third-order valence-corrected chi connectivity index (χ3v) is 4.61. The molecule has 4 aliphatic rings. The molecule has 3 heteroatoms. The second-order valence-corrected chi connectivity index (χ2v) is 5.70. The molecule has 18 heavy (non-hydrogen) atoms. The molecule has 3 aliphatic heterocycles. The zero-order valence-electron chi connectivity index (χ0n) is 10.6. The van der Waals surface area contributed by atoms with Crippen LogP contribution in [0.4, 0.5) is 0 Å². The molecule has 3 heterocycles. The Kier molecular flexibility index (Phi) is 2.32. The lowest BCUT2D eigenvalue weighted by molar-refractivity contribution is -0.475. The fraction of sp³-hybridized carbons (Fsp3) is 0.533. The van der Waals surface area contributed by atoms with Crippen LogP contribution in [0.2, 0.25) is 0 Å². The summed E-state index contributed by atoms with van der Waals surface area (Å²) in [5.74, 6) is 0. The van der Waals surface area contributed by atoms with Crippen LogP contribution >= 0.6 is 0 Å². The lowest BCUT2D eigenvalue weighted by Crippen LogP contribution is -2.38. The van der Waals surface area contributed by atoms with E-state index in [0.29, 0.717) is 12.1 Å². The van der Waals surface area contributed by atoms with Crippen LogP contribution in [-0.4, -0.2) is 54.6 Å². The number of nitrogens with zero attached hydrogens (tertiary/aromatic N) is 2. The molecule has 0 amide bonds. The maximum absolute atomic E-state index is 5.67. The monoisotopic (exact) mass is 243 g/mol.